The Hall–Kier alpha value is -16.1. The number of halogens is 1. The molecule has 552 valence electrons. The summed E-state index contributed by atoms with van der Waals surface area (Å²) >= 11 is 0. The summed E-state index contributed by atoms with van der Waals surface area (Å²) in [6, 6.07) is 137. The molecule has 1 aliphatic rings. The summed E-state index contributed by atoms with van der Waals surface area (Å²) in [6.45, 7) is 0. The third-order valence-electron chi connectivity index (χ3n) is 20.3. The lowest BCUT2D eigenvalue weighted by Crippen LogP contribution is -2.26. The van der Waals surface area contributed by atoms with E-state index in [1.807, 2.05) is 267 Å². The SMILES string of the molecule is Fc1ccc(-c2nc(-c3ccccc3)cc(-c3ccccc3)n2)cc1-c1nc(-c2ccccc2)cc(-c2ccccc2)n1.c1ccc(-c2cc(-c3ccccc3)nc(-c3ccc(N4c5ccccc5N(c5nc(-c6ccccc6)nc(-c6ccccc6)n5)c5ccccc54)c(-c4nc(-c5ccccc5)cc(-c5ccccc5)n4)c3)n2)cc1. The Balaban J connectivity index is 0.000000180. The molecule has 13 nitrogen and oxygen atoms in total. The van der Waals surface area contributed by atoms with Gasteiger partial charge in [-0.15, -0.1) is 0 Å². The average molecular weight is 1510 g/mol. The second-order valence-electron chi connectivity index (χ2n) is 27.9. The molecule has 1 aliphatic heterocycles. The van der Waals surface area contributed by atoms with Gasteiger partial charge in [-0.2, -0.15) is 9.97 Å². The van der Waals surface area contributed by atoms with Crippen molar-refractivity contribution < 1.29 is 4.39 Å². The van der Waals surface area contributed by atoms with E-state index >= 15 is 4.39 Å². The van der Waals surface area contributed by atoms with Crippen LogP contribution in [0.5, 0.6) is 0 Å². The highest BCUT2D eigenvalue weighted by molar-refractivity contribution is 6.03. The molecule has 0 saturated carbocycles. The minimum Gasteiger partial charge on any atom is -0.306 e. The Morgan fingerprint density at radius 1 is 0.154 bits per heavy atom. The van der Waals surface area contributed by atoms with Crippen molar-refractivity contribution in [3.8, 4) is 158 Å². The van der Waals surface area contributed by atoms with Crippen molar-refractivity contribution in [1.29, 1.82) is 0 Å². The molecule has 14 heteroatoms. The van der Waals surface area contributed by atoms with Crippen molar-refractivity contribution in [2.24, 2.45) is 0 Å². The zero-order valence-electron chi connectivity index (χ0n) is 63.0. The first-order chi connectivity index (χ1) is 57.9. The number of hydrogen-bond donors (Lipinski definition) is 0. The normalized spacial score (nSPS) is 11.4. The van der Waals surface area contributed by atoms with E-state index in [4.69, 9.17) is 54.8 Å². The van der Waals surface area contributed by atoms with Gasteiger partial charge in [0, 0.05) is 72.3 Å². The van der Waals surface area contributed by atoms with Crippen LogP contribution in [0.15, 0.2) is 413 Å². The number of aromatic nitrogens is 11. The number of rotatable bonds is 16. The summed E-state index contributed by atoms with van der Waals surface area (Å²) in [5.41, 5.74) is 22.7. The van der Waals surface area contributed by atoms with Crippen LogP contribution in [0.4, 0.5) is 38.8 Å². The summed E-state index contributed by atoms with van der Waals surface area (Å²) < 4.78 is 15.6. The second kappa shape index (κ2) is 32.3. The molecule has 0 bridgehead atoms. The smallest absolute Gasteiger partial charge is 0.238 e. The molecule has 0 atom stereocenters. The highest BCUT2D eigenvalue weighted by atomic mass is 19.1. The van der Waals surface area contributed by atoms with Gasteiger partial charge in [-0.3, -0.25) is 4.90 Å². The van der Waals surface area contributed by atoms with Crippen LogP contribution < -0.4 is 9.80 Å². The summed E-state index contributed by atoms with van der Waals surface area (Å²) in [5, 5.41) is 0. The average Bonchev–Trinajstić information content (AvgIpc) is 0.724. The predicted octanol–water partition coefficient (Wildman–Crippen LogP) is 25.4. The highest BCUT2D eigenvalue weighted by Crippen LogP contribution is 2.56. The topological polar surface area (TPSA) is 148 Å². The van der Waals surface area contributed by atoms with E-state index in [0.29, 0.717) is 57.8 Å². The first-order valence-corrected chi connectivity index (χ1v) is 38.5. The molecule has 0 fully saturated rings. The number of nitrogens with zero attached hydrogens (tertiary/aromatic N) is 13. The number of benzene rings is 14. The molecule has 117 heavy (non-hydrogen) atoms. The number of fused-ring (bicyclic) bond motifs is 2. The van der Waals surface area contributed by atoms with Crippen molar-refractivity contribution in [3.05, 3.63) is 418 Å². The fraction of sp³-hybridized carbons (Fsp3) is 0. The lowest BCUT2D eigenvalue weighted by Gasteiger charge is -2.39. The van der Waals surface area contributed by atoms with Crippen LogP contribution in [0.2, 0.25) is 0 Å². The van der Waals surface area contributed by atoms with Crippen molar-refractivity contribution in [2.45, 2.75) is 0 Å². The molecule has 0 saturated heterocycles. The van der Waals surface area contributed by atoms with Crippen molar-refractivity contribution in [3.63, 3.8) is 0 Å². The van der Waals surface area contributed by atoms with Crippen LogP contribution in [0.1, 0.15) is 0 Å². The lowest BCUT2D eigenvalue weighted by atomic mass is 10.0. The second-order valence-corrected chi connectivity index (χ2v) is 27.9. The monoisotopic (exact) mass is 1510 g/mol. The Kier molecular flexibility index (Phi) is 19.7. The summed E-state index contributed by atoms with van der Waals surface area (Å²) in [5.74, 6) is 3.11. The van der Waals surface area contributed by atoms with Gasteiger partial charge in [0.05, 0.1) is 79.6 Å². The highest BCUT2D eigenvalue weighted by Gasteiger charge is 2.35. The largest absolute Gasteiger partial charge is 0.306 e. The van der Waals surface area contributed by atoms with E-state index in [1.165, 1.54) is 6.07 Å². The van der Waals surface area contributed by atoms with Gasteiger partial charge in [0.1, 0.15) is 5.82 Å². The Morgan fingerprint density at radius 2 is 0.376 bits per heavy atom. The molecular formula is C103H68FN13. The first-order valence-electron chi connectivity index (χ1n) is 38.5. The first kappa shape index (κ1) is 71.3. The van der Waals surface area contributed by atoms with E-state index in [9.17, 15) is 0 Å². The maximum atomic E-state index is 15.6. The summed E-state index contributed by atoms with van der Waals surface area (Å²) in [7, 11) is 0. The molecule has 0 amide bonds. The zero-order valence-corrected chi connectivity index (χ0v) is 63.0. The molecule has 0 aliphatic carbocycles. The fourth-order valence-corrected chi connectivity index (χ4v) is 14.5. The van der Waals surface area contributed by atoms with E-state index < -0.39 is 5.82 Å². The molecule has 19 aromatic rings. The molecule has 5 aromatic heterocycles. The van der Waals surface area contributed by atoms with Gasteiger partial charge in [-0.1, -0.05) is 328 Å². The van der Waals surface area contributed by atoms with E-state index in [2.05, 4.69) is 137 Å². The Bertz CT molecular complexity index is 6410. The number of anilines is 6. The van der Waals surface area contributed by atoms with Crippen LogP contribution in [0.25, 0.3) is 158 Å². The molecule has 6 heterocycles. The van der Waals surface area contributed by atoms with Gasteiger partial charge in [0.25, 0.3) is 0 Å². The standard InChI is InChI=1S/C65H43N9.C38H25FN4/c1-7-23-44(24-8-1)52-42-53(45-25-9-2-10-26-45)67-63(66-52)50-39-40-56(51(41-50)64-68-54(46-27-11-3-12-28-46)43-55(69-64)47-29-13-4-14-30-47)73-57-35-19-21-37-59(57)74(60-38-22-20-36-58(60)73)65-71-61(48-31-15-5-16-32-48)70-62(72-65)49-33-17-6-18-34-49;39-32-22-21-30(37-40-33(26-13-5-1-6-14-26)24-34(41-37)27-15-7-2-8-16-27)23-31(32)38-42-35(28-17-9-3-10-18-28)25-36(43-38)29-19-11-4-12-20-29/h1-43H;1-25H. The maximum absolute atomic E-state index is 15.6. The van der Waals surface area contributed by atoms with E-state index in [1.54, 1.807) is 12.1 Å². The number of para-hydroxylation sites is 4. The van der Waals surface area contributed by atoms with Gasteiger partial charge >= 0.3 is 0 Å². The summed E-state index contributed by atoms with van der Waals surface area (Å²) in [6.07, 6.45) is 0. The van der Waals surface area contributed by atoms with Crippen molar-refractivity contribution >= 4 is 34.4 Å². The fourth-order valence-electron chi connectivity index (χ4n) is 14.5. The molecule has 0 N–H and O–H groups in total. The van der Waals surface area contributed by atoms with E-state index in [-0.39, 0.29) is 5.56 Å². The predicted molar refractivity (Wildman–Crippen MR) is 468 cm³/mol. The molecule has 0 spiro atoms. The van der Waals surface area contributed by atoms with Crippen LogP contribution in [0, 0.1) is 5.82 Å². The minimum atomic E-state index is -0.421. The molecule has 0 unspecified atom stereocenters. The van der Waals surface area contributed by atoms with Crippen molar-refractivity contribution in [2.75, 3.05) is 9.80 Å². The molecule has 14 aromatic carbocycles. The van der Waals surface area contributed by atoms with Crippen LogP contribution in [0.3, 0.4) is 0 Å². The molecular weight excluding hydrogens is 1440 g/mol. The maximum Gasteiger partial charge on any atom is 0.238 e. The van der Waals surface area contributed by atoms with Gasteiger partial charge in [0.15, 0.2) is 34.9 Å². The van der Waals surface area contributed by atoms with Gasteiger partial charge in [-0.25, -0.2) is 49.2 Å². The molecule has 20 rings (SSSR count). The molecule has 0 radical (unpaired) electrons. The van der Waals surface area contributed by atoms with Crippen LogP contribution in [-0.2, 0) is 0 Å². The Labute approximate surface area is 676 Å². The lowest BCUT2D eigenvalue weighted by molar-refractivity contribution is 0.630. The van der Waals surface area contributed by atoms with Crippen molar-refractivity contribution in [1.82, 2.24) is 54.8 Å². The Morgan fingerprint density at radius 3 is 0.667 bits per heavy atom. The quantitative estimate of drug-likeness (QED) is 0.0904. The van der Waals surface area contributed by atoms with E-state index in [0.717, 1.165) is 129 Å². The van der Waals surface area contributed by atoms with Crippen LogP contribution in [-0.4, -0.2) is 54.8 Å². The van der Waals surface area contributed by atoms with Gasteiger partial charge in [0.2, 0.25) is 5.95 Å². The third kappa shape index (κ3) is 15.1. The van der Waals surface area contributed by atoms with Gasteiger partial charge in [-0.05, 0) is 84.9 Å². The van der Waals surface area contributed by atoms with Gasteiger partial charge < -0.3 is 4.90 Å². The minimum absolute atomic E-state index is 0.280. The third-order valence-corrected chi connectivity index (χ3v) is 20.3. The summed E-state index contributed by atoms with van der Waals surface area (Å²) in [4.78, 5) is 61.0. The number of hydrogen-bond acceptors (Lipinski definition) is 13. The van der Waals surface area contributed by atoms with Crippen LogP contribution >= 0.6 is 0 Å². The zero-order chi connectivity index (χ0) is 78.2.